The number of benzene rings is 1. The second kappa shape index (κ2) is 5.28. The summed E-state index contributed by atoms with van der Waals surface area (Å²) in [5.74, 6) is 0. The van der Waals surface area contributed by atoms with Gasteiger partial charge < -0.3 is 4.42 Å². The molecular weight excluding hydrogens is 312 g/mol. The molecule has 0 amide bonds. The lowest BCUT2D eigenvalue weighted by Gasteiger charge is -2.18. The lowest BCUT2D eigenvalue weighted by atomic mass is 10.1. The van der Waals surface area contributed by atoms with E-state index < -0.39 is 8.07 Å². The monoisotopic (exact) mass is 332 g/mol. The second-order valence-electron chi connectivity index (χ2n) is 7.29. The molecule has 0 fully saturated rings. The molecule has 0 saturated carbocycles. The lowest BCUT2D eigenvalue weighted by Crippen LogP contribution is -2.37. The predicted octanol–water partition coefficient (Wildman–Crippen LogP) is 4.90. The van der Waals surface area contributed by atoms with E-state index in [9.17, 15) is 0 Å². The van der Waals surface area contributed by atoms with Crippen LogP contribution in [0.2, 0.25) is 19.6 Å². The minimum atomic E-state index is -1.52. The fraction of sp³-hybridized carbons (Fsp3) is 0.200. The van der Waals surface area contributed by atoms with Crippen LogP contribution in [-0.4, -0.2) is 18.0 Å². The third-order valence-corrected chi connectivity index (χ3v) is 6.42. The summed E-state index contributed by atoms with van der Waals surface area (Å²) in [7, 11) is -1.52. The molecule has 0 atom stereocenters. The van der Waals surface area contributed by atoms with Crippen molar-refractivity contribution < 1.29 is 4.42 Å². The molecule has 0 N–H and O–H groups in total. The van der Waals surface area contributed by atoms with E-state index in [1.807, 2.05) is 19.2 Å². The standard InChI is InChI=1S/C20H20N2OSi/c1-13-7-9-16(22-12-13)14-8-10-17(24(2,3)4)18-15-6-5-11-21-20(15)23-19(14)18/h5-12H,1-4H3. The second-order valence-corrected chi connectivity index (χ2v) is 12.3. The molecule has 4 heteroatoms. The Hall–Kier alpha value is -2.46. The van der Waals surface area contributed by atoms with Gasteiger partial charge in [-0.15, -0.1) is 0 Å². The van der Waals surface area contributed by atoms with Crippen LogP contribution >= 0.6 is 0 Å². The highest BCUT2D eigenvalue weighted by Gasteiger charge is 2.24. The molecule has 24 heavy (non-hydrogen) atoms. The van der Waals surface area contributed by atoms with Gasteiger partial charge in [-0.25, -0.2) is 4.98 Å². The van der Waals surface area contributed by atoms with E-state index in [0.29, 0.717) is 5.71 Å². The third kappa shape index (κ3) is 2.34. The van der Waals surface area contributed by atoms with Gasteiger partial charge in [0.1, 0.15) is 5.58 Å². The van der Waals surface area contributed by atoms with Gasteiger partial charge >= 0.3 is 0 Å². The van der Waals surface area contributed by atoms with Gasteiger partial charge in [0.2, 0.25) is 5.71 Å². The molecule has 4 aromatic rings. The highest BCUT2D eigenvalue weighted by Crippen LogP contribution is 2.34. The van der Waals surface area contributed by atoms with Crippen molar-refractivity contribution in [1.82, 2.24) is 9.97 Å². The number of hydrogen-bond donors (Lipinski definition) is 0. The average Bonchev–Trinajstić information content (AvgIpc) is 2.93. The first-order valence-corrected chi connectivity index (χ1v) is 11.7. The van der Waals surface area contributed by atoms with Crippen molar-refractivity contribution in [3.05, 3.63) is 54.4 Å². The first-order valence-electron chi connectivity index (χ1n) is 8.19. The van der Waals surface area contributed by atoms with Crippen LogP contribution in [0.4, 0.5) is 0 Å². The number of aryl methyl sites for hydroxylation is 1. The van der Waals surface area contributed by atoms with E-state index >= 15 is 0 Å². The fourth-order valence-corrected chi connectivity index (χ4v) is 4.75. The predicted molar refractivity (Wildman–Crippen MR) is 102 cm³/mol. The Balaban J connectivity index is 2.12. The summed E-state index contributed by atoms with van der Waals surface area (Å²) in [5, 5.41) is 3.70. The molecule has 0 aliphatic carbocycles. The first kappa shape index (κ1) is 15.1. The SMILES string of the molecule is Cc1ccc(-c2ccc([Si](C)(C)C)c3c2oc2ncccc23)nc1. The molecule has 0 bridgehead atoms. The van der Waals surface area contributed by atoms with Crippen LogP contribution in [0.5, 0.6) is 0 Å². The number of fused-ring (bicyclic) bond motifs is 3. The largest absolute Gasteiger partial charge is 0.437 e. The van der Waals surface area contributed by atoms with Crippen molar-refractivity contribution in [3.8, 4) is 11.3 Å². The van der Waals surface area contributed by atoms with Crippen LogP contribution in [0.25, 0.3) is 33.3 Å². The summed E-state index contributed by atoms with van der Waals surface area (Å²) in [6.45, 7) is 9.13. The van der Waals surface area contributed by atoms with Crippen LogP contribution in [-0.2, 0) is 0 Å². The molecular formula is C20H20N2OSi. The van der Waals surface area contributed by atoms with Crippen molar-refractivity contribution in [3.63, 3.8) is 0 Å². The Kier molecular flexibility index (Phi) is 3.32. The van der Waals surface area contributed by atoms with Crippen molar-refractivity contribution in [2.24, 2.45) is 0 Å². The maximum absolute atomic E-state index is 6.18. The number of nitrogens with zero attached hydrogens (tertiary/aromatic N) is 2. The zero-order valence-electron chi connectivity index (χ0n) is 14.4. The number of pyridine rings is 2. The van der Waals surface area contributed by atoms with E-state index in [-0.39, 0.29) is 0 Å². The smallest absolute Gasteiger partial charge is 0.227 e. The topological polar surface area (TPSA) is 38.9 Å². The van der Waals surface area contributed by atoms with Gasteiger partial charge in [0.25, 0.3) is 0 Å². The number of aromatic nitrogens is 2. The lowest BCUT2D eigenvalue weighted by molar-refractivity contribution is 0.655. The van der Waals surface area contributed by atoms with Crippen molar-refractivity contribution >= 4 is 35.3 Å². The highest BCUT2D eigenvalue weighted by molar-refractivity contribution is 6.90. The third-order valence-electron chi connectivity index (χ3n) is 4.39. The van der Waals surface area contributed by atoms with Crippen LogP contribution in [0.3, 0.4) is 0 Å². The molecule has 0 unspecified atom stereocenters. The minimum Gasteiger partial charge on any atom is -0.437 e. The Morgan fingerprint density at radius 1 is 0.958 bits per heavy atom. The van der Waals surface area contributed by atoms with Crippen molar-refractivity contribution in [2.75, 3.05) is 0 Å². The Morgan fingerprint density at radius 2 is 1.79 bits per heavy atom. The van der Waals surface area contributed by atoms with Gasteiger partial charge in [-0.2, -0.15) is 0 Å². The first-order chi connectivity index (χ1) is 11.4. The van der Waals surface area contributed by atoms with E-state index in [0.717, 1.165) is 27.8 Å². The molecule has 120 valence electrons. The summed E-state index contributed by atoms with van der Waals surface area (Å²) in [4.78, 5) is 9.01. The molecule has 0 aliphatic heterocycles. The quantitative estimate of drug-likeness (QED) is 0.490. The van der Waals surface area contributed by atoms with E-state index in [2.05, 4.69) is 59.9 Å². The molecule has 3 nitrogen and oxygen atoms in total. The number of rotatable bonds is 2. The molecule has 3 aromatic heterocycles. The molecule has 0 saturated heterocycles. The van der Waals surface area contributed by atoms with Gasteiger partial charge in [0.15, 0.2) is 0 Å². The fourth-order valence-electron chi connectivity index (χ4n) is 3.17. The Bertz CT molecular complexity index is 1040. The molecule has 0 spiro atoms. The highest BCUT2D eigenvalue weighted by atomic mass is 28.3. The number of hydrogen-bond acceptors (Lipinski definition) is 3. The Morgan fingerprint density at radius 3 is 2.50 bits per heavy atom. The summed E-state index contributed by atoms with van der Waals surface area (Å²) < 4.78 is 6.18. The maximum Gasteiger partial charge on any atom is 0.227 e. The van der Waals surface area contributed by atoms with Crippen LogP contribution in [0.1, 0.15) is 5.56 Å². The number of furan rings is 1. The van der Waals surface area contributed by atoms with Gasteiger partial charge in [0, 0.05) is 28.7 Å². The average molecular weight is 332 g/mol. The molecule has 4 rings (SSSR count). The summed E-state index contributed by atoms with van der Waals surface area (Å²) in [6, 6.07) is 12.6. The zero-order valence-corrected chi connectivity index (χ0v) is 15.4. The maximum atomic E-state index is 6.18. The Labute approximate surface area is 142 Å². The summed E-state index contributed by atoms with van der Waals surface area (Å²) in [6.07, 6.45) is 3.68. The zero-order chi connectivity index (χ0) is 16.9. The van der Waals surface area contributed by atoms with Gasteiger partial charge in [0.05, 0.1) is 13.8 Å². The van der Waals surface area contributed by atoms with Crippen molar-refractivity contribution in [1.29, 1.82) is 0 Å². The van der Waals surface area contributed by atoms with E-state index in [1.54, 1.807) is 6.20 Å². The van der Waals surface area contributed by atoms with Gasteiger partial charge in [-0.05, 0) is 41.9 Å². The summed E-state index contributed by atoms with van der Waals surface area (Å²) >= 11 is 0. The minimum absolute atomic E-state index is 0.701. The summed E-state index contributed by atoms with van der Waals surface area (Å²) in [5.41, 5.74) is 4.73. The molecule has 0 radical (unpaired) electrons. The van der Waals surface area contributed by atoms with Crippen molar-refractivity contribution in [2.45, 2.75) is 26.6 Å². The van der Waals surface area contributed by atoms with E-state index in [4.69, 9.17) is 4.42 Å². The van der Waals surface area contributed by atoms with Crippen LogP contribution < -0.4 is 5.19 Å². The molecule has 3 heterocycles. The van der Waals surface area contributed by atoms with E-state index in [1.165, 1.54) is 10.6 Å². The van der Waals surface area contributed by atoms with Crippen LogP contribution in [0.15, 0.2) is 53.2 Å². The normalized spacial score (nSPS) is 12.2. The van der Waals surface area contributed by atoms with Gasteiger partial charge in [-0.3, -0.25) is 4.98 Å². The van der Waals surface area contributed by atoms with Gasteiger partial charge in [-0.1, -0.05) is 31.8 Å². The van der Waals surface area contributed by atoms with Crippen LogP contribution in [0, 0.1) is 6.92 Å². The molecule has 1 aromatic carbocycles. The molecule has 0 aliphatic rings.